The standard InChI is InChI=1S/C24H22F4O4/c1-5-20(29)31-19-14-12-18(13-15-19)24(27,28)23(25,26)17-10-8-16(9-11-17)22(4,7-3)32-21(30)6-2/h5-6,8-15H,1-2,7H2,3-4H3. The van der Waals surface area contributed by atoms with E-state index in [0.29, 0.717) is 12.0 Å². The van der Waals surface area contributed by atoms with Gasteiger partial charge in [-0.05, 0) is 43.2 Å². The summed E-state index contributed by atoms with van der Waals surface area (Å²) < 4.78 is 69.2. The number of ether oxygens (including phenoxy) is 2. The molecule has 0 radical (unpaired) electrons. The molecule has 0 spiro atoms. The minimum absolute atomic E-state index is 0.0879. The Morgan fingerprint density at radius 1 is 0.812 bits per heavy atom. The zero-order chi connectivity index (χ0) is 24.2. The van der Waals surface area contributed by atoms with Gasteiger partial charge in [0.1, 0.15) is 11.4 Å². The third-order valence-electron chi connectivity index (χ3n) is 5.02. The quantitative estimate of drug-likeness (QED) is 0.203. The van der Waals surface area contributed by atoms with Crippen LogP contribution in [0.5, 0.6) is 5.75 Å². The van der Waals surface area contributed by atoms with Gasteiger partial charge in [-0.15, -0.1) is 0 Å². The number of alkyl halides is 4. The maximum absolute atomic E-state index is 14.8. The van der Waals surface area contributed by atoms with Crippen molar-refractivity contribution in [1.82, 2.24) is 0 Å². The number of benzene rings is 2. The largest absolute Gasteiger partial charge is 0.451 e. The Kier molecular flexibility index (Phi) is 7.28. The van der Waals surface area contributed by atoms with Gasteiger partial charge in [-0.2, -0.15) is 17.6 Å². The van der Waals surface area contributed by atoms with E-state index in [1.807, 2.05) is 0 Å². The second kappa shape index (κ2) is 9.38. The molecule has 4 nitrogen and oxygen atoms in total. The Balaban J connectivity index is 2.33. The van der Waals surface area contributed by atoms with Crippen LogP contribution in [0.1, 0.15) is 37.0 Å². The Morgan fingerprint density at radius 3 is 1.62 bits per heavy atom. The molecule has 0 aliphatic carbocycles. The molecule has 0 aliphatic rings. The summed E-state index contributed by atoms with van der Waals surface area (Å²) in [5, 5.41) is 0. The molecule has 0 aromatic heterocycles. The maximum Gasteiger partial charge on any atom is 0.339 e. The van der Waals surface area contributed by atoms with Crippen molar-refractivity contribution in [3.63, 3.8) is 0 Å². The molecule has 0 saturated carbocycles. The van der Waals surface area contributed by atoms with Crippen LogP contribution in [-0.2, 0) is 31.8 Å². The molecule has 0 fully saturated rings. The van der Waals surface area contributed by atoms with Crippen molar-refractivity contribution >= 4 is 11.9 Å². The smallest absolute Gasteiger partial charge is 0.339 e. The second-order valence-corrected chi connectivity index (χ2v) is 7.09. The molecule has 32 heavy (non-hydrogen) atoms. The Morgan fingerprint density at radius 2 is 1.22 bits per heavy atom. The first-order valence-electron chi connectivity index (χ1n) is 9.58. The zero-order valence-electron chi connectivity index (χ0n) is 17.5. The summed E-state index contributed by atoms with van der Waals surface area (Å²) in [5.41, 5.74) is -2.64. The molecule has 0 amide bonds. The summed E-state index contributed by atoms with van der Waals surface area (Å²) in [7, 11) is 0. The summed E-state index contributed by atoms with van der Waals surface area (Å²) in [4.78, 5) is 22.7. The van der Waals surface area contributed by atoms with Crippen LogP contribution in [0.25, 0.3) is 0 Å². The highest BCUT2D eigenvalue weighted by Gasteiger charge is 2.58. The number of carbonyl (C=O) groups is 2. The highest BCUT2D eigenvalue weighted by atomic mass is 19.3. The van der Waals surface area contributed by atoms with Crippen LogP contribution in [-0.4, -0.2) is 11.9 Å². The van der Waals surface area contributed by atoms with Gasteiger partial charge in [0.05, 0.1) is 0 Å². The molecule has 8 heteroatoms. The van der Waals surface area contributed by atoms with Crippen molar-refractivity contribution in [2.24, 2.45) is 0 Å². The van der Waals surface area contributed by atoms with Gasteiger partial charge in [0, 0.05) is 23.3 Å². The Bertz CT molecular complexity index is 998. The summed E-state index contributed by atoms with van der Waals surface area (Å²) in [6, 6.07) is 7.69. The van der Waals surface area contributed by atoms with E-state index in [4.69, 9.17) is 9.47 Å². The lowest BCUT2D eigenvalue weighted by Gasteiger charge is -2.30. The molecule has 0 aliphatic heterocycles. The van der Waals surface area contributed by atoms with Gasteiger partial charge >= 0.3 is 23.8 Å². The number of hydrogen-bond donors (Lipinski definition) is 0. The molecular formula is C24H22F4O4. The average molecular weight is 450 g/mol. The van der Waals surface area contributed by atoms with E-state index in [1.165, 1.54) is 12.1 Å². The van der Waals surface area contributed by atoms with Gasteiger partial charge < -0.3 is 9.47 Å². The van der Waals surface area contributed by atoms with Crippen LogP contribution < -0.4 is 4.74 Å². The highest BCUT2D eigenvalue weighted by Crippen LogP contribution is 2.50. The van der Waals surface area contributed by atoms with Crippen molar-refractivity contribution in [3.05, 3.63) is 90.5 Å². The van der Waals surface area contributed by atoms with E-state index < -0.39 is 40.5 Å². The van der Waals surface area contributed by atoms with Crippen molar-refractivity contribution in [2.45, 2.75) is 37.7 Å². The fourth-order valence-corrected chi connectivity index (χ4v) is 2.88. The van der Waals surface area contributed by atoms with E-state index in [-0.39, 0.29) is 5.75 Å². The second-order valence-electron chi connectivity index (χ2n) is 7.09. The third kappa shape index (κ3) is 4.90. The summed E-state index contributed by atoms with van der Waals surface area (Å²) in [6.07, 6.45) is 2.17. The zero-order valence-corrected chi connectivity index (χ0v) is 17.5. The van der Waals surface area contributed by atoms with Crippen molar-refractivity contribution in [3.8, 4) is 5.75 Å². The topological polar surface area (TPSA) is 52.6 Å². The van der Waals surface area contributed by atoms with Gasteiger partial charge in [-0.3, -0.25) is 0 Å². The predicted octanol–water partition coefficient (Wildman–Crippen LogP) is 6.02. The van der Waals surface area contributed by atoms with E-state index in [1.54, 1.807) is 13.8 Å². The van der Waals surface area contributed by atoms with E-state index in [0.717, 1.165) is 48.6 Å². The van der Waals surface area contributed by atoms with Crippen molar-refractivity contribution in [2.75, 3.05) is 0 Å². The van der Waals surface area contributed by atoms with Gasteiger partial charge in [-0.25, -0.2) is 9.59 Å². The first-order chi connectivity index (χ1) is 14.9. The Hall–Kier alpha value is -3.42. The first kappa shape index (κ1) is 24.8. The SMILES string of the molecule is C=CC(=O)Oc1ccc(C(F)(F)C(F)(F)c2ccc(C(C)(CC)OC(=O)C=C)cc2)cc1. The lowest BCUT2D eigenvalue weighted by Crippen LogP contribution is -2.35. The van der Waals surface area contributed by atoms with E-state index >= 15 is 0 Å². The average Bonchev–Trinajstić information content (AvgIpc) is 2.79. The maximum atomic E-state index is 14.8. The third-order valence-corrected chi connectivity index (χ3v) is 5.02. The molecule has 2 rings (SSSR count). The fraction of sp³-hybridized carbons (Fsp3) is 0.250. The molecule has 2 aromatic rings. The molecule has 1 unspecified atom stereocenters. The lowest BCUT2D eigenvalue weighted by molar-refractivity contribution is -0.223. The fourth-order valence-electron chi connectivity index (χ4n) is 2.88. The summed E-state index contributed by atoms with van der Waals surface area (Å²) >= 11 is 0. The van der Waals surface area contributed by atoms with Crippen molar-refractivity contribution < 1.29 is 36.6 Å². The normalized spacial score (nSPS) is 13.6. The van der Waals surface area contributed by atoms with Crippen LogP contribution in [0, 0.1) is 0 Å². The van der Waals surface area contributed by atoms with E-state index in [2.05, 4.69) is 13.2 Å². The number of hydrogen-bond acceptors (Lipinski definition) is 4. The minimum atomic E-state index is -4.56. The highest BCUT2D eigenvalue weighted by molar-refractivity contribution is 5.83. The van der Waals surface area contributed by atoms with Crippen LogP contribution in [0.4, 0.5) is 17.6 Å². The molecule has 170 valence electrons. The number of esters is 2. The molecular weight excluding hydrogens is 428 g/mol. The monoisotopic (exact) mass is 450 g/mol. The van der Waals surface area contributed by atoms with Crippen LogP contribution >= 0.6 is 0 Å². The summed E-state index contributed by atoms with van der Waals surface area (Å²) in [5.74, 6) is -10.7. The Labute approximate surface area is 183 Å². The van der Waals surface area contributed by atoms with Crippen LogP contribution in [0.15, 0.2) is 73.8 Å². The van der Waals surface area contributed by atoms with Crippen molar-refractivity contribution in [1.29, 1.82) is 0 Å². The molecule has 0 heterocycles. The predicted molar refractivity (Wildman–Crippen MR) is 110 cm³/mol. The van der Waals surface area contributed by atoms with Gasteiger partial charge in [0.15, 0.2) is 0 Å². The van der Waals surface area contributed by atoms with Crippen LogP contribution in [0.3, 0.4) is 0 Å². The van der Waals surface area contributed by atoms with E-state index in [9.17, 15) is 27.2 Å². The first-order valence-corrected chi connectivity index (χ1v) is 9.58. The molecule has 1 atom stereocenters. The number of halogens is 4. The van der Waals surface area contributed by atoms with Gasteiger partial charge in [0.25, 0.3) is 0 Å². The number of rotatable bonds is 9. The minimum Gasteiger partial charge on any atom is -0.451 e. The molecule has 0 bridgehead atoms. The lowest BCUT2D eigenvalue weighted by atomic mass is 9.89. The molecule has 0 N–H and O–H groups in total. The van der Waals surface area contributed by atoms with Gasteiger partial charge in [-0.1, -0.05) is 44.3 Å². The molecule has 2 aromatic carbocycles. The number of carbonyl (C=O) groups excluding carboxylic acids is 2. The molecule has 0 saturated heterocycles. The van der Waals surface area contributed by atoms with Crippen LogP contribution in [0.2, 0.25) is 0 Å². The van der Waals surface area contributed by atoms with Gasteiger partial charge in [0.2, 0.25) is 0 Å². The summed E-state index contributed by atoms with van der Waals surface area (Å²) in [6.45, 7) is 9.82.